The highest BCUT2D eigenvalue weighted by atomic mass is 16.5. The molecule has 52 heteroatoms. The van der Waals surface area contributed by atoms with Crippen LogP contribution in [-0.4, -0.2) is 346 Å². The quantitative estimate of drug-likeness (QED) is 0.0112. The fourth-order valence-corrected chi connectivity index (χ4v) is 15.9. The zero-order chi connectivity index (χ0) is 109. The number of rotatable bonds is 61. The minimum atomic E-state index is -1.73. The molecule has 12 atom stereocenters. The topological polar surface area (TPSA) is 823 Å². The highest BCUT2D eigenvalue weighted by molar-refractivity contribution is 6.00. The van der Waals surface area contributed by atoms with Crippen molar-refractivity contribution < 1.29 is 131 Å². The van der Waals surface area contributed by atoms with Crippen LogP contribution in [0.1, 0.15) is 197 Å². The van der Waals surface area contributed by atoms with E-state index in [4.69, 9.17) is 43.2 Å². The van der Waals surface area contributed by atoms with Gasteiger partial charge in [0.1, 0.15) is 67.0 Å². The highest BCUT2D eigenvalue weighted by Crippen LogP contribution is 2.24. The van der Waals surface area contributed by atoms with Crippen LogP contribution in [0.3, 0.4) is 0 Å². The number of nitrogens with zero attached hydrogens (tertiary/aromatic N) is 4. The van der Waals surface area contributed by atoms with E-state index in [-0.39, 0.29) is 140 Å². The Morgan fingerprint density at radius 3 is 1.78 bits per heavy atom. The molecule has 0 radical (unpaired) electrons. The van der Waals surface area contributed by atoms with Crippen molar-refractivity contribution in [2.24, 2.45) is 33.7 Å². The number of nitrogens with one attached hydrogen (secondary N) is 16. The molecule has 0 bridgehead atoms. The van der Waals surface area contributed by atoms with E-state index in [2.05, 4.69) is 94.4 Å². The lowest BCUT2D eigenvalue weighted by Crippen LogP contribution is -2.61. The standard InChI is InChI=1S/C54H91N13O19.C42H58N12O8/c1-3-4-17-37(50(80)56-2)63-53(83)40(28-59-45(72)30-67(31-48(76)77)32-49(78)79)66-52(82)39(26-36-27-57-35-61-36)65-51(81)38(20-21-42(55)69)64-54(84)41(33-68)62-44(71)29-60-46(73)34-86-25-24-85-23-22-58-43(70)18-15-13-11-9-7-5-6-8-10-12-14-16-19-47(74)75;43-28-15-16-35(56)47-17-7-6-13-30(36(44)57)50-39(60)33(20-25-22-49-29-12-5-4-11-27(25)29)52-37(58)31(14-8-18-48-42(45)46)51-38(59)32(19-24-9-2-1-3-10-24)53-40(61)34-21-26(55)23-54(34)41(28)62/h27,35,37-41,68H,3-26,28-34H2,1-2H3,(H2,55,69)(H,56,80)(H,57,61)(H,58,70)(H,59,72)(H,60,73)(H,62,71)(H,63,83)(H,64,84)(H,65,81)(H,66,82)(H,74,75)(H,76,77)(H,78,79);1-5,9-12,22,26,28,30-34,49,55H,6-8,13-21,23,43H2,(H2,44,57)(H,47,56)(H,50,60)(H,51,59)(H,52,58)(H,53,61)(H4,45,46,48)/t;26-,28?,30?,31?,32-,33?,34+/m.1/s1. The number of para-hydroxylation sites is 1. The molecule has 148 heavy (non-hydrogen) atoms. The Balaban J connectivity index is 0.000000546. The third-order valence-electron chi connectivity index (χ3n) is 23.9. The van der Waals surface area contributed by atoms with Crippen LogP contribution < -0.4 is 103 Å². The summed E-state index contributed by atoms with van der Waals surface area (Å²) in [6, 6.07) is 0.964. The summed E-state index contributed by atoms with van der Waals surface area (Å²) in [5.41, 5.74) is 30.8. The number of likely N-dealkylation sites (N-methyl/N-ethyl adjacent to an activating group) is 1. The van der Waals surface area contributed by atoms with Gasteiger partial charge in [0.15, 0.2) is 5.96 Å². The van der Waals surface area contributed by atoms with Gasteiger partial charge >= 0.3 is 17.9 Å². The molecule has 9 unspecified atom stereocenters. The summed E-state index contributed by atoms with van der Waals surface area (Å²) in [6.45, 7) is -2.76. The molecule has 0 saturated carbocycles. The van der Waals surface area contributed by atoms with E-state index in [1.807, 2.05) is 31.2 Å². The largest absolute Gasteiger partial charge is 0.481 e. The number of ether oxygens (including phenoxy) is 2. The van der Waals surface area contributed by atoms with Crippen molar-refractivity contribution in [2.45, 2.75) is 272 Å². The maximum absolute atomic E-state index is 14.4. The lowest BCUT2D eigenvalue weighted by molar-refractivity contribution is -0.143. The molecular weight excluding hydrogens is 1940 g/mol. The van der Waals surface area contributed by atoms with E-state index < -0.39 is 238 Å². The third kappa shape index (κ3) is 50.1. The molecule has 6 rings (SSSR count). The lowest BCUT2D eigenvalue weighted by atomic mass is 10.0. The number of primary amides is 2. The van der Waals surface area contributed by atoms with Gasteiger partial charge in [-0.1, -0.05) is 133 Å². The van der Waals surface area contributed by atoms with Gasteiger partial charge in [-0.2, -0.15) is 0 Å². The van der Waals surface area contributed by atoms with Gasteiger partial charge in [-0.3, -0.25) is 106 Å². The number of aliphatic hydroxyl groups is 2. The van der Waals surface area contributed by atoms with Crippen LogP contribution in [0.15, 0.2) is 78.3 Å². The smallest absolute Gasteiger partial charge is 0.317 e. The Kier molecular flexibility index (Phi) is 58.4. The molecule has 4 heterocycles. The number of hydrogen-bond acceptors (Lipinski definition) is 28. The number of nitrogens with two attached hydrogens (primary N) is 5. The Bertz CT molecular complexity index is 4950. The SMILES string of the molecule is CCCCC(NC(=O)C(CNC(=O)CN(CC(=O)O)CC(=O)O)NC(=O)C(Cc1cnc[nH]1)NC(=O)C(CCC(N)=O)NC(=O)C(CO)NC(=O)CNC(=O)COCCOCCNC(=O)CCCCCCCCCCCCCCC(=O)O)C(=O)NC.NC(=O)C1CCCCNC(=O)CCC(N)C(=O)N2C[C@H](O)C[C@H]2C(=O)N[C@H](Cc2ccccc2)C(=O)NC(CCCN=C(N)N)C(=O)NC(Cc2c[nH]c3ccccc23)C(=O)N1. The highest BCUT2D eigenvalue weighted by Gasteiger charge is 2.43. The number of aliphatic imine (C=N–C) groups is 1. The minimum Gasteiger partial charge on any atom is -0.481 e. The summed E-state index contributed by atoms with van der Waals surface area (Å²) < 4.78 is 10.7. The Morgan fingerprint density at radius 1 is 0.568 bits per heavy atom. The number of carboxylic acids is 3. The molecular formula is C96H149N25O27. The van der Waals surface area contributed by atoms with Gasteiger partial charge in [-0.05, 0) is 81.4 Å². The fraction of sp³-hybridized carbons (Fsp3) is 0.604. The zero-order valence-corrected chi connectivity index (χ0v) is 83.9. The van der Waals surface area contributed by atoms with Crippen LogP contribution in [0.5, 0.6) is 0 Å². The molecule has 52 nitrogen and oxygen atoms in total. The second-order valence-electron chi connectivity index (χ2n) is 36.0. The van der Waals surface area contributed by atoms with E-state index in [0.717, 1.165) is 78.5 Å². The molecule has 2 aliphatic rings. The summed E-state index contributed by atoms with van der Waals surface area (Å²) in [5, 5.41) is 84.1. The van der Waals surface area contributed by atoms with Crippen molar-refractivity contribution in [3.8, 4) is 0 Å². The predicted molar refractivity (Wildman–Crippen MR) is 535 cm³/mol. The van der Waals surface area contributed by atoms with Crippen molar-refractivity contribution in [1.82, 2.24) is 99.2 Å². The second-order valence-corrected chi connectivity index (χ2v) is 36.0. The van der Waals surface area contributed by atoms with Gasteiger partial charge in [-0.15, -0.1) is 0 Å². The Morgan fingerprint density at radius 2 is 1.16 bits per heavy atom. The Labute approximate surface area is 856 Å². The van der Waals surface area contributed by atoms with Crippen LogP contribution in [0.4, 0.5) is 0 Å². The van der Waals surface area contributed by atoms with E-state index >= 15 is 0 Å². The summed E-state index contributed by atoms with van der Waals surface area (Å²) in [4.78, 5) is 275. The maximum Gasteiger partial charge on any atom is 0.317 e. The van der Waals surface area contributed by atoms with Crippen LogP contribution in [0.25, 0.3) is 10.9 Å². The van der Waals surface area contributed by atoms with Crippen LogP contribution >= 0.6 is 0 Å². The first-order valence-corrected chi connectivity index (χ1v) is 49.9. The number of imidazole rings is 1. The summed E-state index contributed by atoms with van der Waals surface area (Å²) in [6.07, 6.45) is 17.1. The predicted octanol–water partition coefficient (Wildman–Crippen LogP) is -5.23. The number of carbonyl (C=O) groups excluding carboxylic acids is 17. The number of fused-ring (bicyclic) bond motifs is 2. The van der Waals surface area contributed by atoms with Gasteiger partial charge < -0.3 is 153 Å². The van der Waals surface area contributed by atoms with Crippen molar-refractivity contribution in [3.63, 3.8) is 0 Å². The molecule has 4 aromatic rings. The number of aromatic amines is 2. The van der Waals surface area contributed by atoms with Gasteiger partial charge in [-0.25, -0.2) is 4.98 Å². The number of benzene rings is 2. The van der Waals surface area contributed by atoms with Crippen molar-refractivity contribution >= 4 is 135 Å². The Hall–Kier alpha value is -14.4. The number of hydrogen-bond donors (Lipinski definition) is 26. The molecule has 2 saturated heterocycles. The number of aromatic nitrogens is 3. The molecule has 0 spiro atoms. The average molecular weight is 2090 g/mol. The molecule has 2 aromatic carbocycles. The number of aliphatic hydroxyl groups excluding tert-OH is 2. The van der Waals surface area contributed by atoms with Crippen LogP contribution in [0, 0.1) is 0 Å². The first-order valence-electron chi connectivity index (χ1n) is 49.9. The van der Waals surface area contributed by atoms with Crippen molar-refractivity contribution in [3.05, 3.63) is 90.1 Å². The summed E-state index contributed by atoms with van der Waals surface area (Å²) >= 11 is 0. The van der Waals surface area contributed by atoms with E-state index in [1.54, 1.807) is 36.5 Å². The molecule has 2 aliphatic heterocycles. The summed E-state index contributed by atoms with van der Waals surface area (Å²) in [5.74, 6) is -17.1. The number of H-pyrrole nitrogens is 2. The fourth-order valence-electron chi connectivity index (χ4n) is 15.9. The molecule has 0 aliphatic carbocycles. The minimum absolute atomic E-state index is 0.00196. The first-order chi connectivity index (χ1) is 70.8. The molecule has 2 aromatic heterocycles. The number of carboxylic acid groups (broad SMARTS) is 3. The van der Waals surface area contributed by atoms with E-state index in [9.17, 15) is 116 Å². The van der Waals surface area contributed by atoms with Crippen molar-refractivity contribution in [2.75, 3.05) is 99.0 Å². The number of unbranched alkanes of at least 4 members (excludes halogenated alkanes) is 12. The molecule has 31 N–H and O–H groups in total. The van der Waals surface area contributed by atoms with Gasteiger partial charge in [0, 0.05) is 120 Å². The second kappa shape index (κ2) is 69.7. The van der Waals surface area contributed by atoms with E-state index in [1.165, 1.54) is 38.8 Å². The molecule has 820 valence electrons. The monoisotopic (exact) mass is 2080 g/mol. The first kappa shape index (κ1) is 124. The normalized spacial score (nSPS) is 18.0. The molecule has 2 fully saturated rings. The van der Waals surface area contributed by atoms with Gasteiger partial charge in [0.2, 0.25) is 100 Å². The summed E-state index contributed by atoms with van der Waals surface area (Å²) in [7, 11) is 1.33. The number of amides is 17. The zero-order valence-electron chi connectivity index (χ0n) is 83.9. The van der Waals surface area contributed by atoms with E-state index in [0.29, 0.717) is 43.2 Å². The number of carbonyl (C=O) groups is 20. The van der Waals surface area contributed by atoms with Gasteiger partial charge in [0.05, 0.1) is 71.1 Å². The van der Waals surface area contributed by atoms with Gasteiger partial charge in [0.25, 0.3) is 0 Å². The van der Waals surface area contributed by atoms with Crippen molar-refractivity contribution in [1.29, 1.82) is 0 Å². The maximum atomic E-state index is 14.4. The molecule has 17 amide bonds. The third-order valence-corrected chi connectivity index (χ3v) is 23.9. The lowest BCUT2D eigenvalue weighted by Gasteiger charge is -2.29. The van der Waals surface area contributed by atoms with Crippen LogP contribution in [0.2, 0.25) is 0 Å². The average Bonchev–Trinajstić information content (AvgIpc) is 1.64. The van der Waals surface area contributed by atoms with Crippen LogP contribution in [-0.2, 0) is 125 Å². The number of guanidine groups is 1. The number of aliphatic carboxylic acids is 3.